The van der Waals surface area contributed by atoms with E-state index in [4.69, 9.17) is 14.2 Å². The van der Waals surface area contributed by atoms with E-state index in [0.717, 1.165) is 42.0 Å². The highest BCUT2D eigenvalue weighted by atomic mass is 35.5. The van der Waals surface area contributed by atoms with Crippen LogP contribution in [0.3, 0.4) is 0 Å². The number of para-hydroxylation sites is 1. The van der Waals surface area contributed by atoms with Gasteiger partial charge in [-0.2, -0.15) is 0 Å². The van der Waals surface area contributed by atoms with Crippen LogP contribution in [0.2, 0.25) is 0 Å². The van der Waals surface area contributed by atoms with Crippen LogP contribution in [-0.2, 0) is 10.3 Å². The predicted octanol–water partition coefficient (Wildman–Crippen LogP) is 5.89. The molecule has 0 spiro atoms. The van der Waals surface area contributed by atoms with Crippen molar-refractivity contribution in [2.45, 2.75) is 31.8 Å². The second-order valence-corrected chi connectivity index (χ2v) is 9.90. The fourth-order valence-electron chi connectivity index (χ4n) is 4.93. The van der Waals surface area contributed by atoms with Crippen LogP contribution in [0.15, 0.2) is 78.9 Å². The smallest absolute Gasteiger partial charge is 0.126 e. The van der Waals surface area contributed by atoms with Crippen LogP contribution in [0.1, 0.15) is 42.9 Å². The minimum absolute atomic E-state index is 0. The summed E-state index contributed by atoms with van der Waals surface area (Å²) in [5, 5.41) is 12.9. The topological polar surface area (TPSA) is 51.2 Å². The highest BCUT2D eigenvalue weighted by Crippen LogP contribution is 2.46. The van der Waals surface area contributed by atoms with Crippen molar-refractivity contribution >= 4 is 12.4 Å². The highest BCUT2D eigenvalue weighted by Gasteiger charge is 2.44. The molecule has 5 nitrogen and oxygen atoms in total. The Morgan fingerprint density at radius 3 is 2.22 bits per heavy atom. The van der Waals surface area contributed by atoms with Gasteiger partial charge in [-0.1, -0.05) is 74.5 Å². The molecule has 200 valence electrons. The number of aliphatic hydroxyl groups is 1. The van der Waals surface area contributed by atoms with Gasteiger partial charge in [-0.15, -0.1) is 12.4 Å². The third-order valence-corrected chi connectivity index (χ3v) is 7.03. The zero-order valence-corrected chi connectivity index (χ0v) is 23.0. The maximum Gasteiger partial charge on any atom is 0.126 e. The molecule has 1 fully saturated rings. The SMILES string of the molecule is COc1ccccc1C(O)(c1ccc(OCCC(C)C)cc1)C(CN1CCOCC1)c1ccccc1.Cl. The van der Waals surface area contributed by atoms with Crippen molar-refractivity contribution in [3.05, 3.63) is 95.6 Å². The molecule has 1 N–H and O–H groups in total. The highest BCUT2D eigenvalue weighted by molar-refractivity contribution is 5.85. The van der Waals surface area contributed by atoms with Gasteiger partial charge in [0.1, 0.15) is 17.1 Å². The van der Waals surface area contributed by atoms with Crippen LogP contribution < -0.4 is 9.47 Å². The van der Waals surface area contributed by atoms with Gasteiger partial charge in [-0.3, -0.25) is 4.90 Å². The minimum Gasteiger partial charge on any atom is -0.496 e. The third-order valence-electron chi connectivity index (χ3n) is 7.03. The first-order valence-corrected chi connectivity index (χ1v) is 13.0. The summed E-state index contributed by atoms with van der Waals surface area (Å²) in [5.41, 5.74) is 1.31. The van der Waals surface area contributed by atoms with Crippen molar-refractivity contribution in [1.82, 2.24) is 4.90 Å². The van der Waals surface area contributed by atoms with E-state index in [1.54, 1.807) is 7.11 Å². The summed E-state index contributed by atoms with van der Waals surface area (Å²) in [6.07, 6.45) is 1.00. The van der Waals surface area contributed by atoms with Gasteiger partial charge in [0.15, 0.2) is 0 Å². The van der Waals surface area contributed by atoms with E-state index >= 15 is 0 Å². The Bertz CT molecular complexity index is 1070. The fraction of sp³-hybridized carbons (Fsp3) is 0.419. The molecule has 1 heterocycles. The van der Waals surface area contributed by atoms with Crippen LogP contribution in [0.4, 0.5) is 0 Å². The molecule has 3 aromatic rings. The Morgan fingerprint density at radius 2 is 1.57 bits per heavy atom. The molecular formula is C31H40ClNO4. The number of methoxy groups -OCH3 is 1. The zero-order valence-electron chi connectivity index (χ0n) is 22.1. The first-order valence-electron chi connectivity index (χ1n) is 13.0. The second-order valence-electron chi connectivity index (χ2n) is 9.90. The van der Waals surface area contributed by atoms with Crippen LogP contribution >= 0.6 is 12.4 Å². The molecule has 1 saturated heterocycles. The van der Waals surface area contributed by atoms with E-state index in [2.05, 4.69) is 30.9 Å². The molecule has 0 amide bonds. The summed E-state index contributed by atoms with van der Waals surface area (Å²) in [6, 6.07) is 26.0. The Hall–Kier alpha value is -2.57. The molecule has 2 unspecified atom stereocenters. The largest absolute Gasteiger partial charge is 0.496 e. The third kappa shape index (κ3) is 7.05. The standard InChI is InChI=1S/C31H39NO4.ClH/c1-24(2)17-20-36-27-15-13-26(14-16-27)31(33,28-11-7-8-12-30(28)34-3)29(25-9-5-4-6-10-25)23-32-18-21-35-22-19-32;/h4-16,24,29,33H,17-23H2,1-3H3;1H. The lowest BCUT2D eigenvalue weighted by Crippen LogP contribution is -2.45. The second kappa shape index (κ2) is 13.8. The van der Waals surface area contributed by atoms with Gasteiger partial charge in [0, 0.05) is 31.1 Å². The summed E-state index contributed by atoms with van der Waals surface area (Å²) in [7, 11) is 1.66. The molecule has 1 aliphatic rings. The van der Waals surface area contributed by atoms with E-state index in [0.29, 0.717) is 38.0 Å². The normalized spacial score (nSPS) is 16.5. The summed E-state index contributed by atoms with van der Waals surface area (Å²) >= 11 is 0. The summed E-state index contributed by atoms with van der Waals surface area (Å²) in [5.74, 6) is 1.83. The van der Waals surface area contributed by atoms with Gasteiger partial charge < -0.3 is 19.3 Å². The molecular weight excluding hydrogens is 486 g/mol. The molecule has 0 aromatic heterocycles. The summed E-state index contributed by atoms with van der Waals surface area (Å²) < 4.78 is 17.3. The Balaban J connectivity index is 0.00000380. The number of hydrogen-bond acceptors (Lipinski definition) is 5. The van der Waals surface area contributed by atoms with Gasteiger partial charge in [0.05, 0.1) is 26.9 Å². The van der Waals surface area contributed by atoms with Gasteiger partial charge in [-0.25, -0.2) is 0 Å². The van der Waals surface area contributed by atoms with E-state index in [-0.39, 0.29) is 18.3 Å². The number of nitrogens with zero attached hydrogens (tertiary/aromatic N) is 1. The molecule has 0 bridgehead atoms. The quantitative estimate of drug-likeness (QED) is 0.338. The van der Waals surface area contributed by atoms with Crippen molar-refractivity contribution < 1.29 is 19.3 Å². The van der Waals surface area contributed by atoms with Crippen molar-refractivity contribution in [2.24, 2.45) is 5.92 Å². The Kier molecular flexibility index (Phi) is 10.8. The number of ether oxygens (including phenoxy) is 3. The fourth-order valence-corrected chi connectivity index (χ4v) is 4.93. The Morgan fingerprint density at radius 1 is 0.919 bits per heavy atom. The van der Waals surface area contributed by atoms with Crippen molar-refractivity contribution in [1.29, 1.82) is 0 Å². The van der Waals surface area contributed by atoms with Crippen molar-refractivity contribution in [2.75, 3.05) is 46.6 Å². The number of halogens is 1. The molecule has 1 aliphatic heterocycles. The molecule has 3 aromatic carbocycles. The zero-order chi connectivity index (χ0) is 25.4. The van der Waals surface area contributed by atoms with Crippen LogP contribution in [0.5, 0.6) is 11.5 Å². The number of benzene rings is 3. The average Bonchev–Trinajstić information content (AvgIpc) is 2.92. The lowest BCUT2D eigenvalue weighted by Gasteiger charge is -2.41. The first-order chi connectivity index (χ1) is 17.5. The van der Waals surface area contributed by atoms with Crippen LogP contribution in [0, 0.1) is 5.92 Å². The van der Waals surface area contributed by atoms with Crippen LogP contribution in [0.25, 0.3) is 0 Å². The Labute approximate surface area is 227 Å². The molecule has 6 heteroatoms. The van der Waals surface area contributed by atoms with Gasteiger partial charge in [0.2, 0.25) is 0 Å². The van der Waals surface area contributed by atoms with Crippen molar-refractivity contribution in [3.63, 3.8) is 0 Å². The van der Waals surface area contributed by atoms with E-state index in [9.17, 15) is 5.11 Å². The average molecular weight is 526 g/mol. The van der Waals surface area contributed by atoms with Gasteiger partial charge >= 0.3 is 0 Å². The summed E-state index contributed by atoms with van der Waals surface area (Å²) in [4.78, 5) is 2.38. The molecule has 0 radical (unpaired) electrons. The monoisotopic (exact) mass is 525 g/mol. The number of hydrogen-bond donors (Lipinski definition) is 1. The lowest BCUT2D eigenvalue weighted by atomic mass is 9.72. The number of rotatable bonds is 11. The van der Waals surface area contributed by atoms with Crippen LogP contribution in [-0.4, -0.2) is 56.6 Å². The van der Waals surface area contributed by atoms with Gasteiger partial charge in [-0.05, 0) is 41.7 Å². The molecule has 37 heavy (non-hydrogen) atoms. The summed E-state index contributed by atoms with van der Waals surface area (Å²) in [6.45, 7) is 8.85. The molecule has 2 atom stereocenters. The first kappa shape index (κ1) is 29.0. The molecule has 4 rings (SSSR count). The maximum absolute atomic E-state index is 12.9. The molecule has 0 saturated carbocycles. The van der Waals surface area contributed by atoms with Crippen molar-refractivity contribution in [3.8, 4) is 11.5 Å². The van der Waals surface area contributed by atoms with E-state index in [1.807, 2.05) is 66.7 Å². The molecule has 0 aliphatic carbocycles. The van der Waals surface area contributed by atoms with E-state index < -0.39 is 5.60 Å². The van der Waals surface area contributed by atoms with Gasteiger partial charge in [0.25, 0.3) is 0 Å². The maximum atomic E-state index is 12.9. The number of morpholine rings is 1. The lowest BCUT2D eigenvalue weighted by molar-refractivity contribution is -0.000154. The van der Waals surface area contributed by atoms with E-state index in [1.165, 1.54) is 0 Å². The predicted molar refractivity (Wildman–Crippen MR) is 151 cm³/mol. The minimum atomic E-state index is -1.33.